The van der Waals surface area contributed by atoms with E-state index in [1.807, 2.05) is 14.1 Å². The molecule has 1 N–H and O–H groups in total. The van der Waals surface area contributed by atoms with Crippen molar-refractivity contribution in [1.82, 2.24) is 14.5 Å². The number of carbonyl (C=O) groups excluding carboxylic acids is 2. The fraction of sp³-hybridized carbons (Fsp3) is 0.478. The molecule has 0 aliphatic heterocycles. The van der Waals surface area contributed by atoms with E-state index < -0.39 is 5.97 Å². The summed E-state index contributed by atoms with van der Waals surface area (Å²) in [4.78, 5) is 43.2. The molecule has 0 saturated carbocycles. The van der Waals surface area contributed by atoms with Gasteiger partial charge in [0, 0.05) is 23.5 Å². The molecule has 0 unspecified atom stereocenters. The molecule has 0 spiro atoms. The largest absolute Gasteiger partial charge is 0.462 e. The minimum Gasteiger partial charge on any atom is -0.462 e. The van der Waals surface area contributed by atoms with Crippen LogP contribution in [0, 0.1) is 0 Å². The molecule has 9 heteroatoms. The van der Waals surface area contributed by atoms with E-state index in [2.05, 4.69) is 15.2 Å². The molecule has 1 amide bonds. The number of anilines is 1. The number of aromatic nitrogens is 2. The lowest BCUT2D eigenvalue weighted by Crippen LogP contribution is -2.29. The summed E-state index contributed by atoms with van der Waals surface area (Å²) in [5, 5.41) is 3.48. The van der Waals surface area contributed by atoms with E-state index in [-0.39, 0.29) is 17.3 Å². The Hall–Kier alpha value is -2.65. The van der Waals surface area contributed by atoms with Crippen molar-refractivity contribution in [1.29, 1.82) is 0 Å². The number of nitrogens with one attached hydrogen (secondary N) is 1. The second-order valence-electron chi connectivity index (χ2n) is 7.92. The fourth-order valence-corrected chi connectivity index (χ4v) is 4.59. The molecule has 0 fully saturated rings. The first-order valence-corrected chi connectivity index (χ1v) is 11.8. The van der Waals surface area contributed by atoms with Crippen molar-refractivity contribution in [3.63, 3.8) is 0 Å². The second kappa shape index (κ2) is 11.3. The van der Waals surface area contributed by atoms with Crippen molar-refractivity contribution in [3.05, 3.63) is 51.6 Å². The number of thioether (sulfide) groups is 1. The smallest absolute Gasteiger partial charge is 0.348 e. The summed E-state index contributed by atoms with van der Waals surface area (Å²) in [6, 6.07) is 6.57. The van der Waals surface area contributed by atoms with Crippen LogP contribution in [0.25, 0.3) is 0 Å². The van der Waals surface area contributed by atoms with Gasteiger partial charge in [0.2, 0.25) is 5.91 Å². The molecule has 0 saturated heterocycles. The maximum Gasteiger partial charge on any atom is 0.348 e. The number of amides is 1. The predicted molar refractivity (Wildman–Crippen MR) is 125 cm³/mol. The van der Waals surface area contributed by atoms with Crippen molar-refractivity contribution in [3.8, 4) is 0 Å². The Morgan fingerprint density at radius 1 is 1.22 bits per heavy atom. The Morgan fingerprint density at radius 2 is 1.97 bits per heavy atom. The van der Waals surface area contributed by atoms with Gasteiger partial charge in [-0.2, -0.15) is 4.98 Å². The summed E-state index contributed by atoms with van der Waals surface area (Å²) >= 11 is 1.30. The first kappa shape index (κ1) is 24.0. The lowest BCUT2D eigenvalue weighted by Gasteiger charge is -2.15. The lowest BCUT2D eigenvalue weighted by atomic mass is 10.2. The first-order valence-electron chi connectivity index (χ1n) is 10.9. The Bertz CT molecular complexity index is 1020. The number of hydrogen-bond acceptors (Lipinski definition) is 7. The number of esters is 1. The summed E-state index contributed by atoms with van der Waals surface area (Å²) in [6.07, 6.45) is 3.66. The van der Waals surface area contributed by atoms with Crippen LogP contribution in [0.1, 0.15) is 41.4 Å². The molecule has 2 aromatic rings. The summed E-state index contributed by atoms with van der Waals surface area (Å²) in [5.74, 6) is -0.428. The highest BCUT2D eigenvalue weighted by Crippen LogP contribution is 2.29. The highest BCUT2D eigenvalue weighted by molar-refractivity contribution is 8.00. The standard InChI is InChI=1S/C23H30N4O4S/c1-4-31-22(29)16-9-11-17(12-10-16)24-20(28)15-32-21-18-7-5-8-19(18)27(23(30)25-21)14-6-13-26(2)3/h9-12H,4-8,13-15H2,1-3H3,(H,24,28). The molecule has 0 radical (unpaired) electrons. The summed E-state index contributed by atoms with van der Waals surface area (Å²) in [5.41, 5.74) is 2.97. The molecule has 1 aromatic heterocycles. The third kappa shape index (κ3) is 6.20. The number of fused-ring (bicyclic) bond motifs is 1. The van der Waals surface area contributed by atoms with Crippen molar-refractivity contribution in [2.24, 2.45) is 0 Å². The molecule has 8 nitrogen and oxygen atoms in total. The molecule has 1 aliphatic carbocycles. The fourth-order valence-electron chi connectivity index (χ4n) is 3.72. The molecule has 1 heterocycles. The average Bonchev–Trinajstić information content (AvgIpc) is 3.24. The Morgan fingerprint density at radius 3 is 2.66 bits per heavy atom. The zero-order valence-corrected chi connectivity index (χ0v) is 19.7. The molecule has 0 bridgehead atoms. The minimum absolute atomic E-state index is 0.156. The molecule has 0 atom stereocenters. The third-order valence-corrected chi connectivity index (χ3v) is 6.23. The van der Waals surface area contributed by atoms with Crippen LogP contribution in [0.15, 0.2) is 34.1 Å². The summed E-state index contributed by atoms with van der Waals surface area (Å²) < 4.78 is 6.76. The summed E-state index contributed by atoms with van der Waals surface area (Å²) in [6.45, 7) is 3.65. The zero-order chi connectivity index (χ0) is 23.1. The molecule has 32 heavy (non-hydrogen) atoms. The van der Waals surface area contributed by atoms with E-state index in [0.717, 1.165) is 43.5 Å². The Kier molecular flexibility index (Phi) is 8.46. The minimum atomic E-state index is -0.391. The zero-order valence-electron chi connectivity index (χ0n) is 18.8. The summed E-state index contributed by atoms with van der Waals surface area (Å²) in [7, 11) is 4.04. The molecular formula is C23H30N4O4S. The number of rotatable bonds is 10. The number of benzene rings is 1. The van der Waals surface area contributed by atoms with E-state index in [0.29, 0.717) is 29.4 Å². The van der Waals surface area contributed by atoms with Crippen molar-refractivity contribution in [2.45, 2.75) is 44.2 Å². The number of carbonyl (C=O) groups is 2. The number of hydrogen-bond donors (Lipinski definition) is 1. The van der Waals surface area contributed by atoms with Crippen LogP contribution in [-0.4, -0.2) is 59.3 Å². The quantitative estimate of drug-likeness (QED) is 0.332. The van der Waals surface area contributed by atoms with E-state index >= 15 is 0 Å². The predicted octanol–water partition coefficient (Wildman–Crippen LogP) is 2.59. The van der Waals surface area contributed by atoms with Crippen molar-refractivity contribution >= 4 is 29.3 Å². The number of ether oxygens (including phenoxy) is 1. The van der Waals surface area contributed by atoms with Gasteiger partial charge in [-0.25, -0.2) is 9.59 Å². The van der Waals surface area contributed by atoms with Crippen LogP contribution in [0.2, 0.25) is 0 Å². The topological polar surface area (TPSA) is 93.5 Å². The van der Waals surface area contributed by atoms with Gasteiger partial charge in [-0.15, -0.1) is 0 Å². The van der Waals surface area contributed by atoms with Gasteiger partial charge in [0.25, 0.3) is 0 Å². The molecular weight excluding hydrogens is 428 g/mol. The van der Waals surface area contributed by atoms with Gasteiger partial charge in [-0.3, -0.25) is 9.36 Å². The Balaban J connectivity index is 1.61. The highest BCUT2D eigenvalue weighted by atomic mass is 32.2. The van der Waals surface area contributed by atoms with Gasteiger partial charge in [0.05, 0.1) is 17.9 Å². The second-order valence-corrected chi connectivity index (χ2v) is 8.89. The number of nitrogens with zero attached hydrogens (tertiary/aromatic N) is 3. The lowest BCUT2D eigenvalue weighted by molar-refractivity contribution is -0.113. The average molecular weight is 459 g/mol. The van der Waals surface area contributed by atoms with Crippen LogP contribution in [0.4, 0.5) is 5.69 Å². The van der Waals surface area contributed by atoms with Crippen LogP contribution < -0.4 is 11.0 Å². The monoisotopic (exact) mass is 458 g/mol. The highest BCUT2D eigenvalue weighted by Gasteiger charge is 2.22. The van der Waals surface area contributed by atoms with E-state index in [1.165, 1.54) is 11.8 Å². The van der Waals surface area contributed by atoms with Gasteiger partial charge >= 0.3 is 11.7 Å². The molecule has 172 valence electrons. The van der Waals surface area contributed by atoms with E-state index in [1.54, 1.807) is 35.8 Å². The van der Waals surface area contributed by atoms with Crippen LogP contribution in [-0.2, 0) is 28.9 Å². The van der Waals surface area contributed by atoms with E-state index in [9.17, 15) is 14.4 Å². The van der Waals surface area contributed by atoms with Crippen LogP contribution in [0.3, 0.4) is 0 Å². The molecule has 1 aromatic carbocycles. The van der Waals surface area contributed by atoms with Gasteiger partial charge in [0.15, 0.2) is 0 Å². The van der Waals surface area contributed by atoms with Crippen molar-refractivity contribution < 1.29 is 14.3 Å². The van der Waals surface area contributed by atoms with Crippen LogP contribution in [0.5, 0.6) is 0 Å². The van der Waals surface area contributed by atoms with Crippen molar-refractivity contribution in [2.75, 3.05) is 38.3 Å². The van der Waals surface area contributed by atoms with Gasteiger partial charge in [-0.05, 0) is 77.5 Å². The Labute approximate surface area is 192 Å². The SMILES string of the molecule is CCOC(=O)c1ccc(NC(=O)CSc2nc(=O)n(CCCN(C)C)c3c2CCC3)cc1. The van der Waals surface area contributed by atoms with Gasteiger partial charge in [-0.1, -0.05) is 11.8 Å². The van der Waals surface area contributed by atoms with Gasteiger partial charge < -0.3 is 15.0 Å². The maximum absolute atomic E-state index is 12.6. The molecule has 1 aliphatic rings. The normalized spacial score (nSPS) is 12.6. The first-order chi connectivity index (χ1) is 15.4. The van der Waals surface area contributed by atoms with E-state index in [4.69, 9.17) is 4.74 Å². The van der Waals surface area contributed by atoms with Gasteiger partial charge in [0.1, 0.15) is 5.03 Å². The maximum atomic E-state index is 12.6. The molecule has 3 rings (SSSR count). The van der Waals surface area contributed by atoms with Crippen LogP contribution >= 0.6 is 11.8 Å². The third-order valence-electron chi connectivity index (χ3n) is 5.21.